The van der Waals surface area contributed by atoms with Crippen LogP contribution in [0.2, 0.25) is 0 Å². The van der Waals surface area contributed by atoms with Crippen LogP contribution in [0, 0.1) is 5.82 Å². The number of benzene rings is 1. The van der Waals surface area contributed by atoms with E-state index in [-0.39, 0.29) is 10.9 Å². The van der Waals surface area contributed by atoms with Crippen molar-refractivity contribution in [1.29, 1.82) is 0 Å². The summed E-state index contributed by atoms with van der Waals surface area (Å²) in [6.07, 6.45) is 1.41. The van der Waals surface area contributed by atoms with Crippen molar-refractivity contribution in [2.45, 2.75) is 37.6 Å². The molecule has 0 aromatic heterocycles. The Balaban J connectivity index is 2.92. The van der Waals surface area contributed by atoms with E-state index in [1.165, 1.54) is 12.1 Å². The summed E-state index contributed by atoms with van der Waals surface area (Å²) < 4.78 is 35.9. The zero-order chi connectivity index (χ0) is 13.8. The molecule has 0 aliphatic rings. The lowest BCUT2D eigenvalue weighted by molar-refractivity contribution is 0.495. The SMILES string of the molecule is CCNC(CC)Cc1ccc(S(N)(=O)=O)cc1F. The number of nitrogens with one attached hydrogen (secondary N) is 1. The lowest BCUT2D eigenvalue weighted by Gasteiger charge is -2.16. The normalized spacial score (nSPS) is 13.6. The minimum absolute atomic E-state index is 0.185. The van der Waals surface area contributed by atoms with Gasteiger partial charge in [-0.3, -0.25) is 0 Å². The fourth-order valence-corrected chi connectivity index (χ4v) is 2.31. The number of halogens is 1. The Hall–Kier alpha value is -0.980. The van der Waals surface area contributed by atoms with Crippen LogP contribution in [0.3, 0.4) is 0 Å². The van der Waals surface area contributed by atoms with Crippen LogP contribution < -0.4 is 10.5 Å². The van der Waals surface area contributed by atoms with Gasteiger partial charge in [-0.25, -0.2) is 17.9 Å². The number of sulfonamides is 1. The Bertz CT molecular complexity index is 503. The van der Waals surface area contributed by atoms with Gasteiger partial charge in [-0.05, 0) is 37.1 Å². The monoisotopic (exact) mass is 274 g/mol. The zero-order valence-electron chi connectivity index (χ0n) is 10.6. The molecule has 0 bridgehead atoms. The molecule has 0 spiro atoms. The van der Waals surface area contributed by atoms with Gasteiger partial charge < -0.3 is 5.32 Å². The Morgan fingerprint density at radius 3 is 2.50 bits per heavy atom. The Morgan fingerprint density at radius 1 is 1.39 bits per heavy atom. The molecule has 0 radical (unpaired) electrons. The molecule has 0 heterocycles. The van der Waals surface area contributed by atoms with Gasteiger partial charge >= 0.3 is 0 Å². The highest BCUT2D eigenvalue weighted by atomic mass is 32.2. The standard InChI is InChI=1S/C12H19FN2O2S/c1-3-10(15-4-2)7-9-5-6-11(8-12(9)13)18(14,16)17/h5-6,8,10,15H,3-4,7H2,1-2H3,(H2,14,16,17). The van der Waals surface area contributed by atoms with Gasteiger partial charge in [-0.2, -0.15) is 0 Å². The van der Waals surface area contributed by atoms with E-state index in [9.17, 15) is 12.8 Å². The molecule has 6 heteroatoms. The second-order valence-electron chi connectivity index (χ2n) is 4.17. The first-order chi connectivity index (χ1) is 8.38. The van der Waals surface area contributed by atoms with E-state index in [1.807, 2.05) is 13.8 Å². The molecule has 0 aliphatic heterocycles. The van der Waals surface area contributed by atoms with E-state index in [0.717, 1.165) is 19.0 Å². The average Bonchev–Trinajstić information content (AvgIpc) is 2.29. The second kappa shape index (κ2) is 6.26. The third-order valence-electron chi connectivity index (χ3n) is 2.80. The van der Waals surface area contributed by atoms with E-state index in [2.05, 4.69) is 5.32 Å². The highest BCUT2D eigenvalue weighted by Gasteiger charge is 2.14. The summed E-state index contributed by atoms with van der Waals surface area (Å²) in [5.41, 5.74) is 0.496. The molecular formula is C12H19FN2O2S. The first kappa shape index (κ1) is 15.1. The van der Waals surface area contributed by atoms with Crippen molar-refractivity contribution in [2.24, 2.45) is 5.14 Å². The molecule has 1 aromatic carbocycles. The van der Waals surface area contributed by atoms with Crippen LogP contribution in [0.15, 0.2) is 23.1 Å². The fourth-order valence-electron chi connectivity index (χ4n) is 1.79. The van der Waals surface area contributed by atoms with Gasteiger partial charge in [0, 0.05) is 6.04 Å². The largest absolute Gasteiger partial charge is 0.314 e. The van der Waals surface area contributed by atoms with Gasteiger partial charge in [0.1, 0.15) is 5.82 Å². The van der Waals surface area contributed by atoms with Crippen molar-refractivity contribution in [3.05, 3.63) is 29.6 Å². The number of nitrogens with two attached hydrogens (primary N) is 1. The molecule has 0 saturated heterocycles. The maximum Gasteiger partial charge on any atom is 0.238 e. The molecule has 102 valence electrons. The quantitative estimate of drug-likeness (QED) is 0.823. The highest BCUT2D eigenvalue weighted by Crippen LogP contribution is 2.16. The molecule has 4 nitrogen and oxygen atoms in total. The van der Waals surface area contributed by atoms with Crippen molar-refractivity contribution in [3.63, 3.8) is 0 Å². The summed E-state index contributed by atoms with van der Waals surface area (Å²) in [5, 5.41) is 8.19. The first-order valence-corrected chi connectivity index (χ1v) is 7.47. The number of hydrogen-bond acceptors (Lipinski definition) is 3. The number of primary sulfonamides is 1. The first-order valence-electron chi connectivity index (χ1n) is 5.93. The summed E-state index contributed by atoms with van der Waals surface area (Å²) in [6.45, 7) is 4.82. The van der Waals surface area contributed by atoms with Gasteiger partial charge in [0.15, 0.2) is 0 Å². The van der Waals surface area contributed by atoms with Crippen LogP contribution in [0.1, 0.15) is 25.8 Å². The summed E-state index contributed by atoms with van der Waals surface area (Å²) in [7, 11) is -3.84. The van der Waals surface area contributed by atoms with Gasteiger partial charge in [0.2, 0.25) is 10.0 Å². The Labute approximate surface area is 107 Å². The van der Waals surface area contributed by atoms with Gasteiger partial charge in [-0.1, -0.05) is 19.9 Å². The van der Waals surface area contributed by atoms with E-state index in [0.29, 0.717) is 12.0 Å². The van der Waals surface area contributed by atoms with Crippen LogP contribution in [0.5, 0.6) is 0 Å². The topological polar surface area (TPSA) is 72.2 Å². The molecule has 0 aliphatic carbocycles. The Kier molecular flexibility index (Phi) is 5.25. The van der Waals surface area contributed by atoms with Crippen LogP contribution in [0.25, 0.3) is 0 Å². The van der Waals surface area contributed by atoms with Gasteiger partial charge in [0.05, 0.1) is 4.90 Å². The average molecular weight is 274 g/mol. The van der Waals surface area contributed by atoms with Crippen molar-refractivity contribution in [2.75, 3.05) is 6.54 Å². The molecule has 0 amide bonds. The van der Waals surface area contributed by atoms with Crippen molar-refractivity contribution in [3.8, 4) is 0 Å². The lowest BCUT2D eigenvalue weighted by Crippen LogP contribution is -2.30. The molecule has 3 N–H and O–H groups in total. The minimum atomic E-state index is -3.84. The van der Waals surface area contributed by atoms with E-state index >= 15 is 0 Å². The van der Waals surface area contributed by atoms with Gasteiger partial charge in [0.25, 0.3) is 0 Å². The summed E-state index contributed by atoms with van der Waals surface area (Å²) >= 11 is 0. The maximum atomic E-state index is 13.8. The number of hydrogen-bond donors (Lipinski definition) is 2. The molecule has 0 fully saturated rings. The van der Waals surface area contributed by atoms with Crippen molar-refractivity contribution >= 4 is 10.0 Å². The van der Waals surface area contributed by atoms with Crippen LogP contribution >= 0.6 is 0 Å². The summed E-state index contributed by atoms with van der Waals surface area (Å²) in [5.74, 6) is -0.530. The number of rotatable bonds is 6. The molecule has 1 rings (SSSR count). The Morgan fingerprint density at radius 2 is 2.06 bits per heavy atom. The predicted octanol–water partition coefficient (Wildman–Crippen LogP) is 1.40. The molecular weight excluding hydrogens is 255 g/mol. The molecule has 0 saturated carbocycles. The third-order valence-corrected chi connectivity index (χ3v) is 3.72. The smallest absolute Gasteiger partial charge is 0.238 e. The van der Waals surface area contributed by atoms with Crippen LogP contribution in [-0.4, -0.2) is 21.0 Å². The summed E-state index contributed by atoms with van der Waals surface area (Å²) in [4.78, 5) is -0.194. The second-order valence-corrected chi connectivity index (χ2v) is 5.73. The van der Waals surface area contributed by atoms with E-state index in [4.69, 9.17) is 5.14 Å². The molecule has 1 aromatic rings. The lowest BCUT2D eigenvalue weighted by atomic mass is 10.0. The minimum Gasteiger partial charge on any atom is -0.314 e. The number of likely N-dealkylation sites (N-methyl/N-ethyl adjacent to an activating group) is 1. The van der Waals surface area contributed by atoms with E-state index in [1.54, 1.807) is 0 Å². The van der Waals surface area contributed by atoms with Crippen LogP contribution in [0.4, 0.5) is 4.39 Å². The molecule has 1 unspecified atom stereocenters. The van der Waals surface area contributed by atoms with Crippen molar-refractivity contribution < 1.29 is 12.8 Å². The highest BCUT2D eigenvalue weighted by molar-refractivity contribution is 7.89. The van der Waals surface area contributed by atoms with Crippen molar-refractivity contribution in [1.82, 2.24) is 5.32 Å². The predicted molar refractivity (Wildman–Crippen MR) is 69.2 cm³/mol. The summed E-state index contributed by atoms with van der Waals surface area (Å²) in [6, 6.07) is 3.98. The fraction of sp³-hybridized carbons (Fsp3) is 0.500. The van der Waals surface area contributed by atoms with Crippen LogP contribution in [-0.2, 0) is 16.4 Å². The molecule has 18 heavy (non-hydrogen) atoms. The van der Waals surface area contributed by atoms with Gasteiger partial charge in [-0.15, -0.1) is 0 Å². The maximum absolute atomic E-state index is 13.8. The molecule has 1 atom stereocenters. The third kappa shape index (κ3) is 4.04. The zero-order valence-corrected chi connectivity index (χ0v) is 11.4. The van der Waals surface area contributed by atoms with E-state index < -0.39 is 15.8 Å².